The molecule has 3 aromatic rings. The molecule has 3 fully saturated rings. The number of rotatable bonds is 11. The predicted molar refractivity (Wildman–Crippen MR) is 172 cm³/mol. The van der Waals surface area contributed by atoms with Crippen LogP contribution in [-0.4, -0.2) is 74.6 Å². The van der Waals surface area contributed by atoms with Crippen LogP contribution in [0.25, 0.3) is 0 Å². The zero-order chi connectivity index (χ0) is 30.6. The van der Waals surface area contributed by atoms with Gasteiger partial charge < -0.3 is 34.5 Å². The molecule has 0 spiro atoms. The topological polar surface area (TPSA) is 103 Å². The number of carbonyl (C=O) groups is 2. The fourth-order valence-electron chi connectivity index (χ4n) is 6.11. The predicted octanol–water partition coefficient (Wildman–Crippen LogP) is 5.18. The number of likely N-dealkylation sites (tertiary alicyclic amines) is 1. The third-order valence-corrected chi connectivity index (χ3v) is 8.80. The van der Waals surface area contributed by atoms with Gasteiger partial charge in [0.2, 0.25) is 0 Å². The Morgan fingerprint density at radius 1 is 1.05 bits per heavy atom. The van der Waals surface area contributed by atoms with Crippen LogP contribution in [0, 0.1) is 6.92 Å². The maximum atomic E-state index is 13.4. The molecule has 0 radical (unpaired) electrons. The van der Waals surface area contributed by atoms with Crippen molar-refractivity contribution in [2.45, 2.75) is 44.9 Å². The van der Waals surface area contributed by atoms with E-state index in [-0.39, 0.29) is 17.5 Å². The number of para-hydroxylation sites is 1. The SMILES string of the molecule is C=C1CCCN1CCCNC(=O)c1cc(NC(=O)c2coc(C3CC3)n2)c(N2CCN(c3ccccc3C)CC2)cc1OC. The smallest absolute Gasteiger partial charge is 0.277 e. The maximum Gasteiger partial charge on any atom is 0.277 e. The molecule has 0 bridgehead atoms. The third-order valence-electron chi connectivity index (χ3n) is 8.80. The van der Waals surface area contributed by atoms with Gasteiger partial charge in [-0.15, -0.1) is 0 Å². The Bertz CT molecular complexity index is 1520. The molecule has 0 unspecified atom stereocenters. The number of piperazine rings is 1. The largest absolute Gasteiger partial charge is 0.496 e. The van der Waals surface area contributed by atoms with E-state index in [2.05, 4.69) is 68.1 Å². The van der Waals surface area contributed by atoms with Crippen molar-refractivity contribution in [1.29, 1.82) is 0 Å². The Hall–Kier alpha value is -4.47. The van der Waals surface area contributed by atoms with Crippen molar-refractivity contribution in [2.24, 2.45) is 0 Å². The molecule has 6 rings (SSSR count). The van der Waals surface area contributed by atoms with Gasteiger partial charge in [-0.2, -0.15) is 0 Å². The summed E-state index contributed by atoms with van der Waals surface area (Å²) in [6, 6.07) is 12.0. The average molecular weight is 599 g/mol. The second kappa shape index (κ2) is 13.0. The summed E-state index contributed by atoms with van der Waals surface area (Å²) in [5.41, 5.74) is 5.59. The van der Waals surface area contributed by atoms with Crippen LogP contribution in [-0.2, 0) is 0 Å². The van der Waals surface area contributed by atoms with Crippen LogP contribution in [0.3, 0.4) is 0 Å². The van der Waals surface area contributed by atoms with Crippen LogP contribution in [0.2, 0.25) is 0 Å². The Morgan fingerprint density at radius 3 is 2.48 bits per heavy atom. The molecular weight excluding hydrogens is 556 g/mol. The first-order valence-corrected chi connectivity index (χ1v) is 15.7. The third kappa shape index (κ3) is 6.54. The molecule has 0 atom stereocenters. The van der Waals surface area contributed by atoms with E-state index in [1.807, 2.05) is 6.07 Å². The number of benzene rings is 2. The molecule has 2 saturated heterocycles. The lowest BCUT2D eigenvalue weighted by molar-refractivity contribution is 0.0948. The van der Waals surface area contributed by atoms with Crippen molar-refractivity contribution in [3.05, 3.63) is 77.6 Å². The number of allylic oxidation sites excluding steroid dienone is 1. The monoisotopic (exact) mass is 598 g/mol. The van der Waals surface area contributed by atoms with Crippen LogP contribution >= 0.6 is 0 Å². The number of nitrogens with zero attached hydrogens (tertiary/aromatic N) is 4. The number of aromatic nitrogens is 1. The standard InChI is InChI=1S/C34H42N6O4/c1-23-8-4-5-10-29(23)39-16-18-40(19-17-39)30-21-31(43-3)26(32(41)35-13-7-15-38-14-6-9-24(38)2)20-27(30)36-33(42)28-22-44-34(37-28)25-11-12-25/h4-5,8,10,20-22,25H,2,6-7,9,11-19H2,1,3H3,(H,35,41)(H,36,42). The van der Waals surface area contributed by atoms with Crippen LogP contribution in [0.5, 0.6) is 5.75 Å². The van der Waals surface area contributed by atoms with Crippen molar-refractivity contribution < 1.29 is 18.7 Å². The first kappa shape index (κ1) is 29.6. The van der Waals surface area contributed by atoms with Crippen LogP contribution in [0.4, 0.5) is 17.1 Å². The van der Waals surface area contributed by atoms with Gasteiger partial charge >= 0.3 is 0 Å². The normalized spacial score (nSPS) is 16.8. The molecule has 3 aliphatic rings. The lowest BCUT2D eigenvalue weighted by atomic mass is 10.1. The second-order valence-corrected chi connectivity index (χ2v) is 11.9. The number of methoxy groups -OCH3 is 1. The van der Waals surface area contributed by atoms with Gasteiger partial charge in [-0.1, -0.05) is 24.8 Å². The minimum Gasteiger partial charge on any atom is -0.496 e. The Morgan fingerprint density at radius 2 is 1.80 bits per heavy atom. The molecule has 44 heavy (non-hydrogen) atoms. The van der Waals surface area contributed by atoms with Crippen molar-refractivity contribution in [3.8, 4) is 5.75 Å². The van der Waals surface area contributed by atoms with E-state index in [1.165, 1.54) is 23.2 Å². The van der Waals surface area contributed by atoms with Gasteiger partial charge in [0, 0.05) is 69.2 Å². The minimum atomic E-state index is -0.372. The van der Waals surface area contributed by atoms with Crippen LogP contribution < -0.4 is 25.2 Å². The maximum absolute atomic E-state index is 13.4. The van der Waals surface area contributed by atoms with E-state index in [0.29, 0.717) is 35.4 Å². The van der Waals surface area contributed by atoms with E-state index in [1.54, 1.807) is 13.2 Å². The number of anilines is 3. The number of amides is 2. The molecule has 2 amide bonds. The van der Waals surface area contributed by atoms with Crippen LogP contribution in [0.1, 0.15) is 70.3 Å². The number of hydrogen-bond acceptors (Lipinski definition) is 8. The van der Waals surface area contributed by atoms with Gasteiger partial charge in [0.25, 0.3) is 11.8 Å². The summed E-state index contributed by atoms with van der Waals surface area (Å²) in [5.74, 6) is 0.752. The first-order valence-electron chi connectivity index (χ1n) is 15.7. The molecule has 232 valence electrons. The molecule has 1 saturated carbocycles. The molecule has 3 heterocycles. The summed E-state index contributed by atoms with van der Waals surface area (Å²) in [6.07, 6.45) is 6.47. The van der Waals surface area contributed by atoms with E-state index < -0.39 is 0 Å². The second-order valence-electron chi connectivity index (χ2n) is 11.9. The van der Waals surface area contributed by atoms with Crippen LogP contribution in [0.15, 0.2) is 59.4 Å². The summed E-state index contributed by atoms with van der Waals surface area (Å²) < 4.78 is 11.3. The van der Waals surface area contributed by atoms with E-state index in [4.69, 9.17) is 9.15 Å². The molecule has 2 N–H and O–H groups in total. The minimum absolute atomic E-state index is 0.229. The lowest BCUT2D eigenvalue weighted by Gasteiger charge is -2.38. The summed E-state index contributed by atoms with van der Waals surface area (Å²) in [6.45, 7) is 11.8. The number of nitrogens with one attached hydrogen (secondary N) is 2. The molecular formula is C34H42N6O4. The molecule has 2 aliphatic heterocycles. The highest BCUT2D eigenvalue weighted by molar-refractivity contribution is 6.07. The molecule has 10 heteroatoms. The number of ether oxygens (including phenoxy) is 1. The molecule has 10 nitrogen and oxygen atoms in total. The van der Waals surface area contributed by atoms with Gasteiger partial charge in [-0.25, -0.2) is 4.98 Å². The zero-order valence-corrected chi connectivity index (χ0v) is 25.7. The van der Waals surface area contributed by atoms with Crippen molar-refractivity contribution in [2.75, 3.05) is 68.0 Å². The fourth-order valence-corrected chi connectivity index (χ4v) is 6.11. The molecule has 1 aromatic heterocycles. The Balaban J connectivity index is 1.21. The Kier molecular flexibility index (Phi) is 8.77. The van der Waals surface area contributed by atoms with Crippen molar-refractivity contribution in [1.82, 2.24) is 15.2 Å². The first-order chi connectivity index (χ1) is 21.4. The quantitative estimate of drug-likeness (QED) is 0.291. The molecule has 2 aromatic carbocycles. The number of oxazole rings is 1. The summed E-state index contributed by atoms with van der Waals surface area (Å²) >= 11 is 0. The van der Waals surface area contributed by atoms with Crippen molar-refractivity contribution >= 4 is 28.9 Å². The number of aryl methyl sites for hydroxylation is 1. The van der Waals surface area contributed by atoms with Gasteiger partial charge in [0.05, 0.1) is 24.0 Å². The summed E-state index contributed by atoms with van der Waals surface area (Å²) in [7, 11) is 1.57. The van der Waals surface area contributed by atoms with E-state index in [9.17, 15) is 9.59 Å². The molecule has 1 aliphatic carbocycles. The van der Waals surface area contributed by atoms with E-state index >= 15 is 0 Å². The van der Waals surface area contributed by atoms with Gasteiger partial charge in [-0.3, -0.25) is 9.59 Å². The van der Waals surface area contributed by atoms with Gasteiger partial charge in [0.1, 0.15) is 12.0 Å². The number of hydrogen-bond donors (Lipinski definition) is 2. The lowest BCUT2D eigenvalue weighted by Crippen LogP contribution is -2.47. The Labute approximate surface area is 259 Å². The number of carbonyl (C=O) groups excluding carboxylic acids is 2. The average Bonchev–Trinajstić information content (AvgIpc) is 3.62. The van der Waals surface area contributed by atoms with Gasteiger partial charge in [0.15, 0.2) is 11.6 Å². The highest BCUT2D eigenvalue weighted by Crippen LogP contribution is 2.40. The van der Waals surface area contributed by atoms with Gasteiger partial charge in [-0.05, 0) is 56.7 Å². The van der Waals surface area contributed by atoms with Crippen molar-refractivity contribution in [3.63, 3.8) is 0 Å². The highest BCUT2D eigenvalue weighted by Gasteiger charge is 2.30. The summed E-state index contributed by atoms with van der Waals surface area (Å²) in [5, 5.41) is 6.08. The summed E-state index contributed by atoms with van der Waals surface area (Å²) in [4.78, 5) is 38.1. The highest BCUT2D eigenvalue weighted by atomic mass is 16.5. The fraction of sp³-hybridized carbons (Fsp3) is 0.441. The van der Waals surface area contributed by atoms with E-state index in [0.717, 1.165) is 77.1 Å². The zero-order valence-electron chi connectivity index (χ0n) is 25.7.